The fraction of sp³-hybridized carbons (Fsp3) is 0.267. The third-order valence-electron chi connectivity index (χ3n) is 3.34. The number of hydrogen-bond donors (Lipinski definition) is 2. The van der Waals surface area contributed by atoms with Crippen LogP contribution >= 0.6 is 0 Å². The van der Waals surface area contributed by atoms with Crippen molar-refractivity contribution in [2.45, 2.75) is 25.3 Å². The summed E-state index contributed by atoms with van der Waals surface area (Å²) in [5, 5.41) is 3.08. The summed E-state index contributed by atoms with van der Waals surface area (Å²) in [6.45, 7) is 2.07. The first-order valence-corrected chi connectivity index (χ1v) is 6.18. The molecule has 1 atom stereocenters. The highest BCUT2D eigenvalue weighted by atomic mass is 16.1. The van der Waals surface area contributed by atoms with Gasteiger partial charge in [0, 0.05) is 5.69 Å². The topological polar surface area (TPSA) is 55.1 Å². The Morgan fingerprint density at radius 2 is 2.17 bits per heavy atom. The van der Waals surface area contributed by atoms with E-state index >= 15 is 0 Å². The van der Waals surface area contributed by atoms with Gasteiger partial charge in [0.25, 0.3) is 5.91 Å². The predicted octanol–water partition coefficient (Wildman–Crippen LogP) is 2.66. The fourth-order valence-electron chi connectivity index (χ4n) is 2.11. The highest BCUT2D eigenvalue weighted by molar-refractivity contribution is 5.99. The highest BCUT2D eigenvalue weighted by Crippen LogP contribution is 2.23. The summed E-state index contributed by atoms with van der Waals surface area (Å²) in [6.07, 6.45) is 9.76. The van der Waals surface area contributed by atoms with Crippen molar-refractivity contribution in [3.05, 3.63) is 54.1 Å². The number of carbonyl (C=O) groups is 1. The van der Waals surface area contributed by atoms with Crippen LogP contribution in [0.2, 0.25) is 0 Å². The molecule has 0 spiro atoms. The van der Waals surface area contributed by atoms with Crippen LogP contribution in [0.1, 0.15) is 30.1 Å². The zero-order valence-electron chi connectivity index (χ0n) is 10.5. The van der Waals surface area contributed by atoms with Crippen LogP contribution in [0.5, 0.6) is 0 Å². The van der Waals surface area contributed by atoms with Gasteiger partial charge in [-0.25, -0.2) is 0 Å². The van der Waals surface area contributed by atoms with Gasteiger partial charge < -0.3 is 11.1 Å². The van der Waals surface area contributed by atoms with Crippen LogP contribution in [-0.2, 0) is 0 Å². The fourth-order valence-corrected chi connectivity index (χ4v) is 2.11. The van der Waals surface area contributed by atoms with Gasteiger partial charge in [-0.15, -0.1) is 0 Å². The molecule has 0 aromatic heterocycles. The van der Waals surface area contributed by atoms with Crippen molar-refractivity contribution in [1.82, 2.24) is 5.32 Å². The zero-order valence-corrected chi connectivity index (χ0v) is 10.5. The Hall–Kier alpha value is -2.03. The largest absolute Gasteiger partial charge is 0.398 e. The van der Waals surface area contributed by atoms with Crippen LogP contribution in [-0.4, -0.2) is 11.4 Å². The van der Waals surface area contributed by atoms with E-state index in [1.54, 1.807) is 12.1 Å². The van der Waals surface area contributed by atoms with E-state index in [-0.39, 0.29) is 11.4 Å². The van der Waals surface area contributed by atoms with E-state index in [9.17, 15) is 4.79 Å². The van der Waals surface area contributed by atoms with Crippen molar-refractivity contribution >= 4 is 11.6 Å². The number of anilines is 1. The quantitative estimate of drug-likeness (QED) is 0.801. The molecule has 2 rings (SSSR count). The summed E-state index contributed by atoms with van der Waals surface area (Å²) < 4.78 is 0. The Morgan fingerprint density at radius 3 is 2.78 bits per heavy atom. The van der Waals surface area contributed by atoms with Gasteiger partial charge in [-0.2, -0.15) is 0 Å². The molecular formula is C15H18N2O. The number of para-hydroxylation sites is 1. The zero-order chi connectivity index (χ0) is 13.0. The van der Waals surface area contributed by atoms with Gasteiger partial charge in [0.15, 0.2) is 0 Å². The maximum atomic E-state index is 12.2. The van der Waals surface area contributed by atoms with E-state index in [1.807, 2.05) is 30.4 Å². The monoisotopic (exact) mass is 242 g/mol. The van der Waals surface area contributed by atoms with E-state index in [0.717, 1.165) is 12.8 Å². The normalized spacial score (nSPS) is 21.8. The standard InChI is InChI=1S/C15H18N2O/c1-2-15(10-6-3-7-11-15)17-14(18)12-8-4-5-9-13(12)16/h3-10H,2,11,16H2,1H3,(H,17,18)/t15-/m1/s1. The molecule has 0 bridgehead atoms. The smallest absolute Gasteiger partial charge is 0.254 e. The molecule has 1 aromatic rings. The molecule has 3 N–H and O–H groups in total. The van der Waals surface area contributed by atoms with Gasteiger partial charge in [0.05, 0.1) is 11.1 Å². The number of allylic oxidation sites excluding steroid dienone is 2. The number of rotatable bonds is 3. The van der Waals surface area contributed by atoms with Gasteiger partial charge in [0.1, 0.15) is 0 Å². The lowest BCUT2D eigenvalue weighted by Crippen LogP contribution is -2.46. The molecule has 0 aliphatic heterocycles. The van der Waals surface area contributed by atoms with Crippen LogP contribution in [0.4, 0.5) is 5.69 Å². The maximum absolute atomic E-state index is 12.2. The minimum atomic E-state index is -0.284. The molecular weight excluding hydrogens is 224 g/mol. The Balaban J connectivity index is 2.19. The van der Waals surface area contributed by atoms with Crippen LogP contribution in [0.25, 0.3) is 0 Å². The third-order valence-corrected chi connectivity index (χ3v) is 3.34. The Bertz CT molecular complexity index is 505. The van der Waals surface area contributed by atoms with Gasteiger partial charge in [0.2, 0.25) is 0 Å². The van der Waals surface area contributed by atoms with E-state index in [4.69, 9.17) is 5.73 Å². The van der Waals surface area contributed by atoms with E-state index < -0.39 is 0 Å². The van der Waals surface area contributed by atoms with Crippen LogP contribution < -0.4 is 11.1 Å². The summed E-state index contributed by atoms with van der Waals surface area (Å²) in [4.78, 5) is 12.2. The third kappa shape index (κ3) is 2.45. The lowest BCUT2D eigenvalue weighted by atomic mass is 9.88. The first-order chi connectivity index (χ1) is 8.67. The molecule has 94 valence electrons. The molecule has 18 heavy (non-hydrogen) atoms. The van der Waals surface area contributed by atoms with Crippen LogP contribution in [0.3, 0.4) is 0 Å². The number of hydrogen-bond acceptors (Lipinski definition) is 2. The first-order valence-electron chi connectivity index (χ1n) is 6.18. The molecule has 1 aliphatic carbocycles. The lowest BCUT2D eigenvalue weighted by Gasteiger charge is -2.31. The minimum Gasteiger partial charge on any atom is -0.398 e. The predicted molar refractivity (Wildman–Crippen MR) is 74.2 cm³/mol. The summed E-state index contributed by atoms with van der Waals surface area (Å²) >= 11 is 0. The summed E-state index contributed by atoms with van der Waals surface area (Å²) in [6, 6.07) is 7.13. The molecule has 3 nitrogen and oxygen atoms in total. The minimum absolute atomic E-state index is 0.116. The molecule has 0 saturated carbocycles. The van der Waals surface area contributed by atoms with Gasteiger partial charge >= 0.3 is 0 Å². The van der Waals surface area contributed by atoms with Gasteiger partial charge in [-0.3, -0.25) is 4.79 Å². The van der Waals surface area contributed by atoms with Crippen molar-refractivity contribution < 1.29 is 4.79 Å². The number of amides is 1. The average Bonchev–Trinajstić information content (AvgIpc) is 2.40. The lowest BCUT2D eigenvalue weighted by molar-refractivity contribution is 0.0916. The number of nitrogens with two attached hydrogens (primary N) is 1. The molecule has 0 radical (unpaired) electrons. The number of nitrogen functional groups attached to an aromatic ring is 1. The Kier molecular flexibility index (Phi) is 3.51. The van der Waals surface area contributed by atoms with Gasteiger partial charge in [-0.05, 0) is 25.0 Å². The number of benzene rings is 1. The second kappa shape index (κ2) is 5.08. The molecule has 1 aliphatic rings. The molecule has 1 aromatic carbocycles. The van der Waals surface area contributed by atoms with E-state index in [2.05, 4.69) is 18.3 Å². The molecule has 0 unspecified atom stereocenters. The molecule has 0 fully saturated rings. The highest BCUT2D eigenvalue weighted by Gasteiger charge is 2.27. The summed E-state index contributed by atoms with van der Waals surface area (Å²) in [5.41, 5.74) is 6.58. The molecule has 0 saturated heterocycles. The molecule has 1 amide bonds. The van der Waals surface area contributed by atoms with Crippen LogP contribution in [0.15, 0.2) is 48.6 Å². The van der Waals surface area contributed by atoms with Crippen molar-refractivity contribution in [3.8, 4) is 0 Å². The average molecular weight is 242 g/mol. The van der Waals surface area contributed by atoms with E-state index in [1.165, 1.54) is 0 Å². The summed E-state index contributed by atoms with van der Waals surface area (Å²) in [5.74, 6) is -0.116. The molecule has 3 heteroatoms. The second-order valence-corrected chi connectivity index (χ2v) is 4.54. The maximum Gasteiger partial charge on any atom is 0.254 e. The summed E-state index contributed by atoms with van der Waals surface area (Å²) in [7, 11) is 0. The van der Waals surface area contributed by atoms with Crippen molar-refractivity contribution in [1.29, 1.82) is 0 Å². The number of nitrogens with one attached hydrogen (secondary N) is 1. The Labute approximate surface area is 107 Å². The van der Waals surface area contributed by atoms with Crippen LogP contribution in [0, 0.1) is 0 Å². The number of carbonyl (C=O) groups excluding carboxylic acids is 1. The first kappa shape index (κ1) is 12.4. The SMILES string of the molecule is CC[C@@]1(NC(=O)c2ccccc2N)C=CC=CC1. The van der Waals surface area contributed by atoms with Crippen molar-refractivity contribution in [2.75, 3.05) is 5.73 Å². The second-order valence-electron chi connectivity index (χ2n) is 4.54. The van der Waals surface area contributed by atoms with Gasteiger partial charge in [-0.1, -0.05) is 43.4 Å². The van der Waals surface area contributed by atoms with Crippen molar-refractivity contribution in [2.24, 2.45) is 0 Å². The van der Waals surface area contributed by atoms with Crippen molar-refractivity contribution in [3.63, 3.8) is 0 Å². The molecule has 0 heterocycles. The van der Waals surface area contributed by atoms with E-state index in [0.29, 0.717) is 11.3 Å². The Morgan fingerprint density at radius 1 is 1.39 bits per heavy atom.